The van der Waals surface area contributed by atoms with E-state index in [9.17, 15) is 14.9 Å². The summed E-state index contributed by atoms with van der Waals surface area (Å²) in [4.78, 5) is 41.3. The Labute approximate surface area is 247 Å². The van der Waals surface area contributed by atoms with E-state index in [0.717, 1.165) is 16.8 Å². The fraction of sp³-hybridized carbons (Fsp3) is 0.125. The first kappa shape index (κ1) is 28.1. The van der Waals surface area contributed by atoms with E-state index < -0.39 is 5.41 Å². The quantitative estimate of drug-likeness (QED) is 0.202. The van der Waals surface area contributed by atoms with Crippen LogP contribution in [-0.4, -0.2) is 33.8 Å². The van der Waals surface area contributed by atoms with E-state index in [1.807, 2.05) is 75.5 Å². The molecule has 0 radical (unpaired) electrons. The van der Waals surface area contributed by atoms with E-state index >= 15 is 0 Å². The first-order valence-corrected chi connectivity index (χ1v) is 13.9. The minimum absolute atomic E-state index is 0.277. The maximum absolute atomic E-state index is 13.0. The van der Waals surface area contributed by atoms with Gasteiger partial charge in [0.05, 0.1) is 17.7 Å². The molecule has 0 fully saturated rings. The highest BCUT2D eigenvalue weighted by atomic mass is 32.1. The Bertz CT molecular complexity index is 1840. The summed E-state index contributed by atoms with van der Waals surface area (Å²) in [5.74, 6) is -0.133. The number of nitrogens with zero attached hydrogens (tertiary/aromatic N) is 5. The number of thiazole rings is 1. The third-order valence-corrected chi connectivity index (χ3v) is 7.39. The molecule has 0 atom stereocenters. The number of fused-ring (bicyclic) bond motifs is 1. The molecule has 5 rings (SSSR count). The highest BCUT2D eigenvalue weighted by molar-refractivity contribution is 7.22. The number of nitrogens with one attached hydrogen (secondary N) is 2. The van der Waals surface area contributed by atoms with E-state index in [1.165, 1.54) is 17.4 Å². The van der Waals surface area contributed by atoms with Crippen LogP contribution >= 0.6 is 11.3 Å². The van der Waals surface area contributed by atoms with Crippen molar-refractivity contribution in [2.24, 2.45) is 0 Å². The average molecular weight is 574 g/mol. The summed E-state index contributed by atoms with van der Waals surface area (Å²) in [7, 11) is 1.83. The number of rotatable bonds is 8. The van der Waals surface area contributed by atoms with Crippen LogP contribution in [-0.2, 0) is 10.2 Å². The van der Waals surface area contributed by atoms with Crippen LogP contribution in [0.2, 0.25) is 0 Å². The molecule has 10 heteroatoms. The molecule has 0 unspecified atom stereocenters. The molecule has 42 heavy (non-hydrogen) atoms. The van der Waals surface area contributed by atoms with Crippen molar-refractivity contribution in [3.63, 3.8) is 0 Å². The number of carbonyl (C=O) groups is 2. The minimum atomic E-state index is -0.704. The van der Waals surface area contributed by atoms with Gasteiger partial charge in [-0.2, -0.15) is 10.2 Å². The summed E-state index contributed by atoms with van der Waals surface area (Å²) in [6, 6.07) is 26.2. The molecule has 2 N–H and O–H groups in total. The molecular formula is C32H27N7O2S. The van der Waals surface area contributed by atoms with Crippen LogP contribution in [0.3, 0.4) is 0 Å². The predicted molar refractivity (Wildman–Crippen MR) is 167 cm³/mol. The highest BCUT2D eigenvalue weighted by Gasteiger charge is 2.21. The van der Waals surface area contributed by atoms with Gasteiger partial charge in [-0.1, -0.05) is 59.9 Å². The molecule has 5 aromatic rings. The molecule has 0 aliphatic carbocycles. The van der Waals surface area contributed by atoms with Gasteiger partial charge in [0.15, 0.2) is 9.96 Å². The number of aromatic nitrogens is 3. The topological polar surface area (TPSA) is 124 Å². The number of amides is 2. The van der Waals surface area contributed by atoms with E-state index in [1.54, 1.807) is 41.4 Å². The van der Waals surface area contributed by atoms with Gasteiger partial charge >= 0.3 is 0 Å². The Morgan fingerprint density at radius 3 is 2.55 bits per heavy atom. The van der Waals surface area contributed by atoms with Gasteiger partial charge in [-0.3, -0.25) is 14.9 Å². The summed E-state index contributed by atoms with van der Waals surface area (Å²) < 4.78 is 0. The Morgan fingerprint density at radius 2 is 1.76 bits per heavy atom. The second-order valence-electron chi connectivity index (χ2n) is 9.99. The zero-order valence-electron chi connectivity index (χ0n) is 23.2. The number of nitriles is 1. The molecule has 9 nitrogen and oxygen atoms in total. The standard InChI is InChI=1S/C32H27N7O2S/c1-32(2,20-33)23-12-7-11-22(17-23)28(41)35-24-13-8-14-25(18-24)39(3)30-34-19-26-29(38-30)42-31(36-26)37-27(40)16-15-21-9-5-4-6-10-21/h4-19H,1-3H3,(H,35,41)(H,36,37,40)/b16-15+. The van der Waals surface area contributed by atoms with Crippen LogP contribution in [0.25, 0.3) is 16.4 Å². The van der Waals surface area contributed by atoms with Gasteiger partial charge in [0.25, 0.3) is 5.91 Å². The first-order chi connectivity index (χ1) is 20.2. The maximum Gasteiger partial charge on any atom is 0.255 e. The number of anilines is 4. The normalized spacial score (nSPS) is 11.3. The van der Waals surface area contributed by atoms with Crippen molar-refractivity contribution in [3.05, 3.63) is 108 Å². The van der Waals surface area contributed by atoms with Crippen molar-refractivity contribution >= 4 is 62.0 Å². The van der Waals surface area contributed by atoms with Crippen molar-refractivity contribution in [2.75, 3.05) is 22.6 Å². The Balaban J connectivity index is 1.28. The summed E-state index contributed by atoms with van der Waals surface area (Å²) in [6.45, 7) is 3.63. The van der Waals surface area contributed by atoms with E-state index in [4.69, 9.17) is 0 Å². The van der Waals surface area contributed by atoms with E-state index in [0.29, 0.717) is 32.7 Å². The van der Waals surface area contributed by atoms with Crippen LogP contribution in [0.4, 0.5) is 22.5 Å². The number of benzene rings is 3. The SMILES string of the molecule is CN(c1cccc(NC(=O)c2cccc(C(C)(C)C#N)c2)c1)c1ncc2nc(NC(=O)/C=C/c3ccccc3)sc2n1. The zero-order valence-corrected chi connectivity index (χ0v) is 24.0. The average Bonchev–Trinajstić information content (AvgIpc) is 3.41. The highest BCUT2D eigenvalue weighted by Crippen LogP contribution is 2.29. The molecule has 3 aromatic carbocycles. The van der Waals surface area contributed by atoms with Gasteiger partial charge in [-0.05, 0) is 61.4 Å². The lowest BCUT2D eigenvalue weighted by Crippen LogP contribution is -2.17. The lowest BCUT2D eigenvalue weighted by Gasteiger charge is -2.18. The zero-order chi connectivity index (χ0) is 29.7. The third-order valence-electron chi connectivity index (χ3n) is 6.51. The maximum atomic E-state index is 13.0. The molecule has 0 saturated carbocycles. The minimum Gasteiger partial charge on any atom is -0.322 e. The van der Waals surface area contributed by atoms with Gasteiger partial charge in [0, 0.05) is 30.1 Å². The summed E-state index contributed by atoms with van der Waals surface area (Å²) in [5.41, 5.74) is 3.39. The van der Waals surface area contributed by atoms with Gasteiger partial charge in [0.1, 0.15) is 5.52 Å². The number of carbonyl (C=O) groups excluding carboxylic acids is 2. The summed E-state index contributed by atoms with van der Waals surface area (Å²) in [6.07, 6.45) is 4.81. The van der Waals surface area contributed by atoms with E-state index in [-0.39, 0.29) is 11.8 Å². The van der Waals surface area contributed by atoms with Crippen molar-refractivity contribution in [3.8, 4) is 6.07 Å². The first-order valence-electron chi connectivity index (χ1n) is 13.1. The molecule has 2 heterocycles. The fourth-order valence-corrected chi connectivity index (χ4v) is 4.86. The van der Waals surface area contributed by atoms with Gasteiger partial charge < -0.3 is 10.2 Å². The molecule has 0 saturated heterocycles. The Kier molecular flexibility index (Phi) is 8.04. The van der Waals surface area contributed by atoms with E-state index in [2.05, 4.69) is 31.7 Å². The lowest BCUT2D eigenvalue weighted by molar-refractivity contribution is -0.111. The second-order valence-corrected chi connectivity index (χ2v) is 11.0. The number of hydrogen-bond acceptors (Lipinski definition) is 8. The smallest absolute Gasteiger partial charge is 0.255 e. The number of hydrogen-bond donors (Lipinski definition) is 2. The summed E-state index contributed by atoms with van der Waals surface area (Å²) >= 11 is 1.26. The molecule has 208 valence electrons. The molecule has 0 aliphatic rings. The van der Waals surface area contributed by atoms with Crippen LogP contribution < -0.4 is 15.5 Å². The van der Waals surface area contributed by atoms with Crippen molar-refractivity contribution in [1.82, 2.24) is 15.0 Å². The molecule has 0 bridgehead atoms. The largest absolute Gasteiger partial charge is 0.322 e. The Morgan fingerprint density at radius 1 is 0.976 bits per heavy atom. The fourth-order valence-electron chi connectivity index (χ4n) is 4.05. The molecule has 2 amide bonds. The van der Waals surface area contributed by atoms with Crippen LogP contribution in [0.5, 0.6) is 0 Å². The molecule has 2 aromatic heterocycles. The van der Waals surface area contributed by atoms with Gasteiger partial charge in [-0.25, -0.2) is 9.97 Å². The lowest BCUT2D eigenvalue weighted by atomic mass is 9.85. The van der Waals surface area contributed by atoms with Crippen molar-refractivity contribution in [1.29, 1.82) is 5.26 Å². The monoisotopic (exact) mass is 573 g/mol. The predicted octanol–water partition coefficient (Wildman–Crippen LogP) is 6.56. The van der Waals surface area contributed by atoms with Crippen molar-refractivity contribution in [2.45, 2.75) is 19.3 Å². The third kappa shape index (κ3) is 6.49. The molecule has 0 aliphatic heterocycles. The Hall–Kier alpha value is -5.40. The van der Waals surface area contributed by atoms with Crippen molar-refractivity contribution < 1.29 is 9.59 Å². The van der Waals surface area contributed by atoms with Crippen LogP contribution in [0.15, 0.2) is 91.1 Å². The summed E-state index contributed by atoms with van der Waals surface area (Å²) in [5, 5.41) is 15.6. The molecule has 0 spiro atoms. The van der Waals surface area contributed by atoms with Crippen LogP contribution in [0.1, 0.15) is 35.3 Å². The van der Waals surface area contributed by atoms with Crippen LogP contribution in [0, 0.1) is 11.3 Å². The molecular weight excluding hydrogens is 546 g/mol. The van der Waals surface area contributed by atoms with Gasteiger partial charge in [-0.15, -0.1) is 0 Å². The van der Waals surface area contributed by atoms with Gasteiger partial charge in [0.2, 0.25) is 11.9 Å². The second kappa shape index (κ2) is 12.0.